The predicted octanol–water partition coefficient (Wildman–Crippen LogP) is 5.19. The van der Waals surface area contributed by atoms with Gasteiger partial charge in [0.05, 0.1) is 17.5 Å². The van der Waals surface area contributed by atoms with Crippen molar-refractivity contribution in [2.24, 2.45) is 0 Å². The second-order valence-corrected chi connectivity index (χ2v) is 7.59. The van der Waals surface area contributed by atoms with Crippen LogP contribution >= 0.6 is 11.6 Å². The van der Waals surface area contributed by atoms with E-state index in [1.807, 2.05) is 0 Å². The Kier molecular flexibility index (Phi) is 5.66. The summed E-state index contributed by atoms with van der Waals surface area (Å²) in [4.78, 5) is 25.7. The van der Waals surface area contributed by atoms with Crippen LogP contribution in [-0.2, 0) is 9.53 Å². The first kappa shape index (κ1) is 20.9. The van der Waals surface area contributed by atoms with Gasteiger partial charge in [-0.2, -0.15) is 0 Å². The lowest BCUT2D eigenvalue weighted by Crippen LogP contribution is -2.19. The van der Waals surface area contributed by atoms with E-state index in [0.29, 0.717) is 21.8 Å². The first-order valence-electron chi connectivity index (χ1n) is 9.16. The van der Waals surface area contributed by atoms with Gasteiger partial charge in [0.25, 0.3) is 5.91 Å². The fraction of sp³-hybridized carbons (Fsp3) is 0.273. The van der Waals surface area contributed by atoms with E-state index in [9.17, 15) is 19.1 Å². The standard InChI is InChI=1S/C22H21ClFNO4/c1-11(2)29-22(28)12(3)18-13(4)25(16-8-9-17(26)20(24)19(16)18)21(27)14-6-5-7-15(23)10-14/h5-12,26H,1-4H3/t12-/m0/s1. The summed E-state index contributed by atoms with van der Waals surface area (Å²) < 4.78 is 21.5. The molecule has 0 aliphatic rings. The zero-order valence-corrected chi connectivity index (χ0v) is 17.2. The van der Waals surface area contributed by atoms with Crippen LogP contribution in [0.3, 0.4) is 0 Å². The molecule has 3 rings (SSSR count). The van der Waals surface area contributed by atoms with Gasteiger partial charge in [-0.15, -0.1) is 0 Å². The van der Waals surface area contributed by atoms with E-state index in [1.54, 1.807) is 45.9 Å². The molecule has 0 aliphatic heterocycles. The minimum absolute atomic E-state index is 0.0195. The van der Waals surface area contributed by atoms with E-state index in [-0.39, 0.29) is 17.0 Å². The van der Waals surface area contributed by atoms with Crippen molar-refractivity contribution in [3.05, 3.63) is 64.1 Å². The molecule has 152 valence electrons. The van der Waals surface area contributed by atoms with Crippen molar-refractivity contribution in [2.45, 2.75) is 39.7 Å². The van der Waals surface area contributed by atoms with Gasteiger partial charge in [0, 0.05) is 21.7 Å². The number of phenolic OH excluding ortho intramolecular Hbond substituents is 1. The first-order chi connectivity index (χ1) is 13.6. The molecule has 2 aromatic carbocycles. The van der Waals surface area contributed by atoms with Crippen molar-refractivity contribution in [3.8, 4) is 5.75 Å². The molecule has 1 N–H and O–H groups in total. The van der Waals surface area contributed by atoms with Gasteiger partial charge in [0.15, 0.2) is 11.6 Å². The maximum absolute atomic E-state index is 14.9. The van der Waals surface area contributed by atoms with E-state index in [1.165, 1.54) is 22.8 Å². The van der Waals surface area contributed by atoms with Gasteiger partial charge >= 0.3 is 5.97 Å². The maximum atomic E-state index is 14.9. The average molecular weight is 418 g/mol. The van der Waals surface area contributed by atoms with Crippen LogP contribution in [0.4, 0.5) is 4.39 Å². The van der Waals surface area contributed by atoms with Crippen LogP contribution in [0.5, 0.6) is 5.75 Å². The molecule has 0 saturated carbocycles. The third-order valence-electron chi connectivity index (χ3n) is 4.75. The Labute approximate surface area is 172 Å². The summed E-state index contributed by atoms with van der Waals surface area (Å²) in [5, 5.41) is 10.3. The summed E-state index contributed by atoms with van der Waals surface area (Å²) >= 11 is 6.01. The zero-order valence-electron chi connectivity index (χ0n) is 16.5. The first-order valence-corrected chi connectivity index (χ1v) is 9.54. The summed E-state index contributed by atoms with van der Waals surface area (Å²) in [6.07, 6.45) is -0.343. The Hall–Kier alpha value is -2.86. The molecule has 29 heavy (non-hydrogen) atoms. The van der Waals surface area contributed by atoms with Crippen molar-refractivity contribution in [3.63, 3.8) is 0 Å². The highest BCUT2D eigenvalue weighted by atomic mass is 35.5. The van der Waals surface area contributed by atoms with Gasteiger partial charge in [0.1, 0.15) is 0 Å². The van der Waals surface area contributed by atoms with Crippen molar-refractivity contribution < 1.29 is 23.8 Å². The number of hydrogen-bond acceptors (Lipinski definition) is 4. The fourth-order valence-corrected chi connectivity index (χ4v) is 3.66. The smallest absolute Gasteiger partial charge is 0.313 e. The Morgan fingerprint density at radius 3 is 2.48 bits per heavy atom. The molecular weight excluding hydrogens is 397 g/mol. The molecule has 0 spiro atoms. The number of fused-ring (bicyclic) bond motifs is 1. The number of carbonyl (C=O) groups excluding carboxylic acids is 2. The highest BCUT2D eigenvalue weighted by Crippen LogP contribution is 2.37. The van der Waals surface area contributed by atoms with Crippen LogP contribution in [0.2, 0.25) is 5.02 Å². The van der Waals surface area contributed by atoms with E-state index in [4.69, 9.17) is 16.3 Å². The van der Waals surface area contributed by atoms with Crippen molar-refractivity contribution in [2.75, 3.05) is 0 Å². The summed E-state index contributed by atoms with van der Waals surface area (Å²) in [5.41, 5.74) is 1.26. The molecule has 1 atom stereocenters. The number of aromatic hydroxyl groups is 1. The number of halogens is 2. The second kappa shape index (κ2) is 7.87. The average Bonchev–Trinajstić information content (AvgIpc) is 2.95. The van der Waals surface area contributed by atoms with Crippen LogP contribution in [0.1, 0.15) is 48.3 Å². The van der Waals surface area contributed by atoms with Gasteiger partial charge in [-0.25, -0.2) is 4.39 Å². The van der Waals surface area contributed by atoms with Crippen molar-refractivity contribution in [1.82, 2.24) is 4.57 Å². The number of phenols is 1. The van der Waals surface area contributed by atoms with Gasteiger partial charge in [0.2, 0.25) is 0 Å². The molecule has 5 nitrogen and oxygen atoms in total. The molecule has 0 amide bonds. The number of benzene rings is 2. The number of rotatable bonds is 4. The van der Waals surface area contributed by atoms with Gasteiger partial charge in [-0.3, -0.25) is 14.2 Å². The summed E-state index contributed by atoms with van der Waals surface area (Å²) in [6, 6.07) is 9.04. The minimum Gasteiger partial charge on any atom is -0.505 e. The molecular formula is C22H21ClFNO4. The van der Waals surface area contributed by atoms with Crippen LogP contribution in [-0.4, -0.2) is 27.7 Å². The largest absolute Gasteiger partial charge is 0.505 e. The molecule has 0 bridgehead atoms. The van der Waals surface area contributed by atoms with Gasteiger partial charge in [-0.1, -0.05) is 17.7 Å². The van der Waals surface area contributed by atoms with E-state index < -0.39 is 29.4 Å². The maximum Gasteiger partial charge on any atom is 0.313 e. The minimum atomic E-state index is -0.887. The molecule has 0 aliphatic carbocycles. The monoisotopic (exact) mass is 417 g/mol. The van der Waals surface area contributed by atoms with Crippen molar-refractivity contribution >= 4 is 34.4 Å². The lowest BCUT2D eigenvalue weighted by Gasteiger charge is -2.15. The third kappa shape index (κ3) is 3.72. The number of carbonyl (C=O) groups is 2. The van der Waals surface area contributed by atoms with Crippen LogP contribution < -0.4 is 0 Å². The molecule has 0 saturated heterocycles. The fourth-order valence-electron chi connectivity index (χ4n) is 3.47. The zero-order chi connectivity index (χ0) is 21.5. The number of hydrogen-bond donors (Lipinski definition) is 1. The molecule has 7 heteroatoms. The van der Waals surface area contributed by atoms with Gasteiger partial charge in [-0.05, 0) is 63.6 Å². The highest BCUT2D eigenvalue weighted by Gasteiger charge is 2.30. The Morgan fingerprint density at radius 1 is 1.17 bits per heavy atom. The molecule has 0 radical (unpaired) electrons. The number of nitrogens with zero attached hydrogens (tertiary/aromatic N) is 1. The predicted molar refractivity (Wildman–Crippen MR) is 109 cm³/mol. The number of aromatic nitrogens is 1. The van der Waals surface area contributed by atoms with Crippen LogP contribution in [0.25, 0.3) is 10.9 Å². The van der Waals surface area contributed by atoms with E-state index >= 15 is 0 Å². The topological polar surface area (TPSA) is 68.5 Å². The van der Waals surface area contributed by atoms with Gasteiger partial charge < -0.3 is 9.84 Å². The lowest BCUT2D eigenvalue weighted by atomic mass is 9.97. The van der Waals surface area contributed by atoms with E-state index in [0.717, 1.165) is 0 Å². The summed E-state index contributed by atoms with van der Waals surface area (Å²) in [7, 11) is 0. The second-order valence-electron chi connectivity index (χ2n) is 7.15. The summed E-state index contributed by atoms with van der Waals surface area (Å²) in [5.74, 6) is -3.25. The van der Waals surface area contributed by atoms with Crippen LogP contribution in [0.15, 0.2) is 36.4 Å². The lowest BCUT2D eigenvalue weighted by molar-refractivity contribution is -0.148. The molecule has 0 unspecified atom stereocenters. The van der Waals surface area contributed by atoms with E-state index in [2.05, 4.69) is 0 Å². The number of esters is 1. The Morgan fingerprint density at radius 2 is 1.86 bits per heavy atom. The highest BCUT2D eigenvalue weighted by molar-refractivity contribution is 6.31. The number of ether oxygens (including phenoxy) is 1. The molecule has 1 aromatic heterocycles. The SMILES string of the molecule is Cc1c([C@H](C)C(=O)OC(C)C)c2c(F)c(O)ccc2n1C(=O)c1cccc(Cl)c1. The molecule has 0 fully saturated rings. The molecule has 1 heterocycles. The summed E-state index contributed by atoms with van der Waals surface area (Å²) in [6.45, 7) is 6.66. The quantitative estimate of drug-likeness (QED) is 0.593. The molecule has 3 aromatic rings. The normalized spacial score (nSPS) is 12.4. The van der Waals surface area contributed by atoms with Crippen LogP contribution in [0, 0.1) is 12.7 Å². The Bertz CT molecular complexity index is 1120. The third-order valence-corrected chi connectivity index (χ3v) is 4.98. The van der Waals surface area contributed by atoms with Crippen molar-refractivity contribution in [1.29, 1.82) is 0 Å². The Balaban J connectivity index is 2.27.